The number of carbonyl (C=O) groups excluding carboxylic acids is 2. The van der Waals surface area contributed by atoms with Crippen molar-refractivity contribution in [2.24, 2.45) is 11.0 Å². The number of hydrogen-bond donors (Lipinski definition) is 2. The zero-order valence-corrected chi connectivity index (χ0v) is 11.6. The Morgan fingerprint density at radius 1 is 1.41 bits per heavy atom. The molecule has 22 heavy (non-hydrogen) atoms. The molecule has 1 atom stereocenters. The summed E-state index contributed by atoms with van der Waals surface area (Å²) in [5.41, 5.74) is 9.01. The number of carbonyl (C=O) groups is 2. The number of aromatic nitrogens is 1. The molecule has 0 saturated carbocycles. The first-order chi connectivity index (χ1) is 10.5. The molecule has 1 aliphatic rings. The van der Waals surface area contributed by atoms with Crippen LogP contribution in [0.3, 0.4) is 0 Å². The van der Waals surface area contributed by atoms with E-state index in [2.05, 4.69) is 15.5 Å². The summed E-state index contributed by atoms with van der Waals surface area (Å²) >= 11 is 0. The molecule has 0 aliphatic carbocycles. The van der Waals surface area contributed by atoms with Gasteiger partial charge in [0.15, 0.2) is 5.78 Å². The maximum atomic E-state index is 12.8. The SMILES string of the molecule is CC1=NNC(=O)C1C(=O)c1c(C#N)c(N)nc2ccccc12. The first-order valence-corrected chi connectivity index (χ1v) is 6.51. The molecule has 3 rings (SSSR count). The van der Waals surface area contributed by atoms with E-state index in [0.717, 1.165) is 0 Å². The monoisotopic (exact) mass is 293 g/mol. The van der Waals surface area contributed by atoms with E-state index >= 15 is 0 Å². The Bertz CT molecular complexity index is 895. The summed E-state index contributed by atoms with van der Waals surface area (Å²) < 4.78 is 0. The number of hydrogen-bond acceptors (Lipinski definition) is 6. The number of Topliss-reactive ketones (excluding diaryl/α,β-unsaturated/α-hetero) is 1. The maximum Gasteiger partial charge on any atom is 0.256 e. The number of ketones is 1. The summed E-state index contributed by atoms with van der Waals surface area (Å²) in [7, 11) is 0. The van der Waals surface area contributed by atoms with Crippen molar-refractivity contribution in [1.82, 2.24) is 10.4 Å². The number of hydrazone groups is 1. The molecule has 108 valence electrons. The molecule has 7 heteroatoms. The van der Waals surface area contributed by atoms with Gasteiger partial charge in [0.25, 0.3) is 5.91 Å². The topological polar surface area (TPSA) is 121 Å². The maximum absolute atomic E-state index is 12.8. The number of nitriles is 1. The Morgan fingerprint density at radius 2 is 2.14 bits per heavy atom. The third-order valence-corrected chi connectivity index (χ3v) is 3.56. The average Bonchev–Trinajstić information content (AvgIpc) is 2.84. The normalized spacial score (nSPS) is 17.0. The molecule has 0 spiro atoms. The van der Waals surface area contributed by atoms with Gasteiger partial charge in [0.05, 0.1) is 11.2 Å². The van der Waals surface area contributed by atoms with Crippen LogP contribution in [-0.4, -0.2) is 22.4 Å². The van der Waals surface area contributed by atoms with Crippen molar-refractivity contribution < 1.29 is 9.59 Å². The lowest BCUT2D eigenvalue weighted by molar-refractivity contribution is -0.121. The highest BCUT2D eigenvalue weighted by atomic mass is 16.2. The number of amides is 1. The zero-order chi connectivity index (χ0) is 15.9. The molecule has 3 N–H and O–H groups in total. The van der Waals surface area contributed by atoms with Crippen molar-refractivity contribution in [1.29, 1.82) is 5.26 Å². The molecule has 0 bridgehead atoms. The first kappa shape index (κ1) is 13.7. The fourth-order valence-electron chi connectivity index (χ4n) is 2.52. The van der Waals surface area contributed by atoms with Crippen LogP contribution in [0.25, 0.3) is 10.9 Å². The smallest absolute Gasteiger partial charge is 0.256 e. The number of anilines is 1. The van der Waals surface area contributed by atoms with E-state index in [4.69, 9.17) is 5.73 Å². The van der Waals surface area contributed by atoms with Crippen LogP contribution in [0.5, 0.6) is 0 Å². The van der Waals surface area contributed by atoms with Crippen molar-refractivity contribution >= 4 is 34.1 Å². The molecule has 0 saturated heterocycles. The number of rotatable bonds is 2. The predicted octanol–water partition coefficient (Wildman–Crippen LogP) is 0.993. The lowest BCUT2D eigenvalue weighted by Gasteiger charge is -2.12. The number of nitrogens with zero attached hydrogens (tertiary/aromatic N) is 3. The summed E-state index contributed by atoms with van der Waals surface area (Å²) in [5.74, 6) is -2.08. The van der Waals surface area contributed by atoms with Gasteiger partial charge < -0.3 is 5.73 Å². The van der Waals surface area contributed by atoms with Crippen molar-refractivity contribution in [3.63, 3.8) is 0 Å². The minimum atomic E-state index is -1.04. The van der Waals surface area contributed by atoms with Gasteiger partial charge in [-0.1, -0.05) is 18.2 Å². The first-order valence-electron chi connectivity index (χ1n) is 6.51. The van der Waals surface area contributed by atoms with Crippen molar-refractivity contribution in [3.8, 4) is 6.07 Å². The highest BCUT2D eigenvalue weighted by Crippen LogP contribution is 2.28. The van der Waals surface area contributed by atoms with Gasteiger partial charge in [-0.05, 0) is 13.0 Å². The van der Waals surface area contributed by atoms with Gasteiger partial charge in [0.2, 0.25) is 0 Å². The summed E-state index contributed by atoms with van der Waals surface area (Å²) in [4.78, 5) is 28.8. The Labute approximate surface area is 125 Å². The Hall–Kier alpha value is -3.27. The minimum absolute atomic E-state index is 0.0174. The number of nitrogens with one attached hydrogen (secondary N) is 1. The van der Waals surface area contributed by atoms with E-state index in [0.29, 0.717) is 16.6 Å². The van der Waals surface area contributed by atoms with Gasteiger partial charge in [-0.3, -0.25) is 9.59 Å². The number of nitrogen functional groups attached to an aromatic ring is 1. The molecule has 1 unspecified atom stereocenters. The van der Waals surface area contributed by atoms with E-state index in [1.807, 2.05) is 6.07 Å². The van der Waals surface area contributed by atoms with Crippen LogP contribution in [-0.2, 0) is 4.79 Å². The molecule has 2 heterocycles. The van der Waals surface area contributed by atoms with Gasteiger partial charge >= 0.3 is 0 Å². The fraction of sp³-hybridized carbons (Fsp3) is 0.133. The predicted molar refractivity (Wildman–Crippen MR) is 79.9 cm³/mol. The van der Waals surface area contributed by atoms with Gasteiger partial charge in [-0.2, -0.15) is 10.4 Å². The number of pyridine rings is 1. The molecule has 1 aromatic heterocycles. The third kappa shape index (κ3) is 1.90. The number of benzene rings is 1. The molecular formula is C15H11N5O2. The summed E-state index contributed by atoms with van der Waals surface area (Å²) in [5, 5.41) is 13.6. The van der Waals surface area contributed by atoms with Crippen LogP contribution >= 0.6 is 0 Å². The van der Waals surface area contributed by atoms with Gasteiger partial charge in [-0.15, -0.1) is 0 Å². The second-order valence-electron chi connectivity index (χ2n) is 4.90. The van der Waals surface area contributed by atoms with Crippen LogP contribution in [0.4, 0.5) is 5.82 Å². The van der Waals surface area contributed by atoms with Crippen molar-refractivity contribution in [2.75, 3.05) is 5.73 Å². The van der Waals surface area contributed by atoms with Crippen LogP contribution < -0.4 is 11.2 Å². The number of para-hydroxylation sites is 1. The lowest BCUT2D eigenvalue weighted by Crippen LogP contribution is -2.31. The van der Waals surface area contributed by atoms with Gasteiger partial charge in [-0.25, -0.2) is 10.4 Å². The Morgan fingerprint density at radius 3 is 2.77 bits per heavy atom. The highest BCUT2D eigenvalue weighted by Gasteiger charge is 2.37. The summed E-state index contributed by atoms with van der Waals surface area (Å²) in [6.07, 6.45) is 0. The molecular weight excluding hydrogens is 282 g/mol. The number of fused-ring (bicyclic) bond motifs is 1. The standard InChI is InChI=1S/C15H11N5O2/c1-7-11(15(22)20-19-7)13(21)12-8-4-2-3-5-10(8)18-14(17)9(12)6-16/h2-5,11H,1H3,(H2,17,18)(H,20,22). The van der Waals surface area contributed by atoms with Crippen LogP contribution in [0.2, 0.25) is 0 Å². The van der Waals surface area contributed by atoms with Gasteiger partial charge in [0, 0.05) is 10.9 Å². The Balaban J connectivity index is 2.30. The minimum Gasteiger partial charge on any atom is -0.383 e. The molecule has 7 nitrogen and oxygen atoms in total. The van der Waals surface area contributed by atoms with E-state index in [1.54, 1.807) is 31.2 Å². The quantitative estimate of drug-likeness (QED) is 0.631. The Kier molecular flexibility index (Phi) is 3.07. The zero-order valence-electron chi connectivity index (χ0n) is 11.6. The summed E-state index contributed by atoms with van der Waals surface area (Å²) in [6, 6.07) is 8.76. The summed E-state index contributed by atoms with van der Waals surface area (Å²) in [6.45, 7) is 1.58. The third-order valence-electron chi connectivity index (χ3n) is 3.56. The van der Waals surface area contributed by atoms with E-state index in [1.165, 1.54) is 0 Å². The molecule has 1 amide bonds. The van der Waals surface area contributed by atoms with E-state index < -0.39 is 17.6 Å². The average molecular weight is 293 g/mol. The lowest BCUT2D eigenvalue weighted by atomic mass is 9.89. The van der Waals surface area contributed by atoms with Crippen molar-refractivity contribution in [3.05, 3.63) is 35.4 Å². The number of nitrogens with two attached hydrogens (primary N) is 1. The largest absolute Gasteiger partial charge is 0.383 e. The molecule has 0 fully saturated rings. The molecule has 1 aromatic carbocycles. The van der Waals surface area contributed by atoms with Gasteiger partial charge in [0.1, 0.15) is 23.4 Å². The van der Waals surface area contributed by atoms with E-state index in [-0.39, 0.29) is 16.9 Å². The molecule has 1 aliphatic heterocycles. The fourth-order valence-corrected chi connectivity index (χ4v) is 2.52. The van der Waals surface area contributed by atoms with Crippen LogP contribution in [0.1, 0.15) is 22.8 Å². The van der Waals surface area contributed by atoms with Crippen LogP contribution in [0.15, 0.2) is 29.4 Å². The highest BCUT2D eigenvalue weighted by molar-refractivity contribution is 6.29. The molecule has 2 aromatic rings. The van der Waals surface area contributed by atoms with Crippen molar-refractivity contribution in [2.45, 2.75) is 6.92 Å². The second-order valence-corrected chi connectivity index (χ2v) is 4.90. The second kappa shape index (κ2) is 4.93. The van der Waals surface area contributed by atoms with Crippen LogP contribution in [0, 0.1) is 17.2 Å². The van der Waals surface area contributed by atoms with E-state index in [9.17, 15) is 14.9 Å². The molecule has 0 radical (unpaired) electrons.